The number of unbranched alkanes of at least 4 members (excludes halogenated alkanes) is 6. The van der Waals surface area contributed by atoms with E-state index in [-0.39, 0.29) is 18.6 Å². The largest absolute Gasteiger partial charge is 0.461 e. The van der Waals surface area contributed by atoms with E-state index in [9.17, 15) is 14.4 Å². The van der Waals surface area contributed by atoms with Crippen LogP contribution in [0.4, 0.5) is 0 Å². The van der Waals surface area contributed by atoms with Gasteiger partial charge in [-0.3, -0.25) is 19.7 Å². The smallest absolute Gasteiger partial charge is 0.310 e. The molecule has 0 atom stereocenters. The van der Waals surface area contributed by atoms with Crippen LogP contribution in [-0.2, 0) is 38.6 Å². The fourth-order valence-corrected chi connectivity index (χ4v) is 3.73. The molecular weight excluding hydrogens is 402 g/mol. The molecule has 1 aliphatic heterocycles. The number of rotatable bonds is 16. The van der Waals surface area contributed by atoms with Crippen LogP contribution in [0.1, 0.15) is 74.5 Å². The maximum absolute atomic E-state index is 12.2. The Morgan fingerprint density at radius 3 is 2.22 bits per heavy atom. The summed E-state index contributed by atoms with van der Waals surface area (Å²) >= 11 is 0. The molecule has 0 saturated heterocycles. The average molecular weight is 438 g/mol. The second kappa shape index (κ2) is 14.2. The Labute approximate surface area is 191 Å². The Morgan fingerprint density at radius 1 is 0.906 bits per heavy atom. The van der Waals surface area contributed by atoms with Gasteiger partial charge >= 0.3 is 5.97 Å². The molecule has 0 aromatic heterocycles. The summed E-state index contributed by atoms with van der Waals surface area (Å²) in [4.78, 5) is 35.0. The molecule has 1 aromatic carbocycles. The SMILES string of the molecule is C=CCCCCCc1ccc(COC(=O)CC2=CC(=O)NC2=O)c(CCCCCC=C)c1. The second-order valence-corrected chi connectivity index (χ2v) is 8.20. The Hall–Kier alpha value is -2.95. The van der Waals surface area contributed by atoms with Crippen molar-refractivity contribution in [2.24, 2.45) is 0 Å². The van der Waals surface area contributed by atoms with Crippen LogP contribution in [0.15, 0.2) is 55.2 Å². The zero-order valence-electron chi connectivity index (χ0n) is 19.0. The van der Waals surface area contributed by atoms with E-state index in [1.165, 1.54) is 24.0 Å². The highest BCUT2D eigenvalue weighted by Gasteiger charge is 2.23. The van der Waals surface area contributed by atoms with Gasteiger partial charge in [-0.2, -0.15) is 0 Å². The number of nitrogens with one attached hydrogen (secondary N) is 1. The van der Waals surface area contributed by atoms with Crippen LogP contribution in [0.25, 0.3) is 0 Å². The second-order valence-electron chi connectivity index (χ2n) is 8.20. The van der Waals surface area contributed by atoms with Crippen molar-refractivity contribution >= 4 is 17.8 Å². The van der Waals surface area contributed by atoms with Crippen molar-refractivity contribution in [3.63, 3.8) is 0 Å². The van der Waals surface area contributed by atoms with Crippen molar-refractivity contribution in [1.82, 2.24) is 5.32 Å². The molecule has 32 heavy (non-hydrogen) atoms. The van der Waals surface area contributed by atoms with Crippen molar-refractivity contribution in [1.29, 1.82) is 0 Å². The van der Waals surface area contributed by atoms with E-state index in [4.69, 9.17) is 4.74 Å². The molecule has 0 saturated carbocycles. The third-order valence-electron chi connectivity index (χ3n) is 5.56. The summed E-state index contributed by atoms with van der Waals surface area (Å²) in [5.41, 5.74) is 3.67. The van der Waals surface area contributed by atoms with Crippen molar-refractivity contribution in [3.8, 4) is 0 Å². The van der Waals surface area contributed by atoms with E-state index in [0.29, 0.717) is 0 Å². The number of hydrogen-bond acceptors (Lipinski definition) is 4. The van der Waals surface area contributed by atoms with Crippen LogP contribution in [0, 0.1) is 0 Å². The van der Waals surface area contributed by atoms with Crippen molar-refractivity contribution in [2.75, 3.05) is 0 Å². The predicted molar refractivity (Wildman–Crippen MR) is 127 cm³/mol. The zero-order chi connectivity index (χ0) is 23.2. The number of hydrogen-bond donors (Lipinski definition) is 1. The average Bonchev–Trinajstić information content (AvgIpc) is 3.09. The number of imide groups is 1. The molecular formula is C27H35NO4. The zero-order valence-corrected chi connectivity index (χ0v) is 19.0. The van der Waals surface area contributed by atoms with Crippen LogP contribution in [-0.4, -0.2) is 17.8 Å². The molecule has 1 heterocycles. The number of carbonyl (C=O) groups excluding carboxylic acids is 3. The molecule has 2 rings (SSSR count). The highest BCUT2D eigenvalue weighted by Crippen LogP contribution is 2.20. The molecule has 172 valence electrons. The van der Waals surface area contributed by atoms with Crippen LogP contribution in [0.2, 0.25) is 0 Å². The van der Waals surface area contributed by atoms with Gasteiger partial charge in [-0.05, 0) is 68.1 Å². The number of allylic oxidation sites excluding steroid dienone is 2. The molecule has 0 unspecified atom stereocenters. The molecule has 1 aliphatic rings. The van der Waals surface area contributed by atoms with E-state index in [0.717, 1.165) is 63.0 Å². The topological polar surface area (TPSA) is 72.5 Å². The molecule has 0 radical (unpaired) electrons. The Morgan fingerprint density at radius 2 is 1.59 bits per heavy atom. The minimum atomic E-state index is -0.524. The fourth-order valence-electron chi connectivity index (χ4n) is 3.73. The van der Waals surface area contributed by atoms with Gasteiger partial charge in [0.25, 0.3) is 11.8 Å². The lowest BCUT2D eigenvalue weighted by atomic mass is 9.96. The van der Waals surface area contributed by atoms with Gasteiger partial charge in [0.05, 0.1) is 6.42 Å². The summed E-state index contributed by atoms with van der Waals surface area (Å²) in [6.45, 7) is 7.72. The van der Waals surface area contributed by atoms with Gasteiger partial charge in [-0.1, -0.05) is 43.2 Å². The molecule has 5 nitrogen and oxygen atoms in total. The third kappa shape index (κ3) is 9.04. The minimum Gasteiger partial charge on any atom is -0.461 e. The predicted octanol–water partition coefficient (Wildman–Crippen LogP) is 5.28. The quantitative estimate of drug-likeness (QED) is 0.165. The van der Waals surface area contributed by atoms with Gasteiger partial charge in [0.15, 0.2) is 0 Å². The van der Waals surface area contributed by atoms with Crippen LogP contribution >= 0.6 is 0 Å². The number of benzene rings is 1. The number of aryl methyl sites for hydroxylation is 2. The van der Waals surface area contributed by atoms with E-state index in [1.807, 2.05) is 12.2 Å². The number of esters is 1. The molecule has 0 fully saturated rings. The van der Waals surface area contributed by atoms with Gasteiger partial charge in [0, 0.05) is 11.6 Å². The Balaban J connectivity index is 1.94. The Bertz CT molecular complexity index is 853. The summed E-state index contributed by atoms with van der Waals surface area (Å²) in [5.74, 6) is -1.52. The lowest BCUT2D eigenvalue weighted by molar-refractivity contribution is -0.144. The fraction of sp³-hybridized carbons (Fsp3) is 0.444. The van der Waals surface area contributed by atoms with Crippen molar-refractivity contribution < 1.29 is 19.1 Å². The number of carbonyl (C=O) groups is 3. The van der Waals surface area contributed by atoms with Gasteiger partial charge in [0.1, 0.15) is 6.61 Å². The monoisotopic (exact) mass is 437 g/mol. The first-order valence-electron chi connectivity index (χ1n) is 11.6. The third-order valence-corrected chi connectivity index (χ3v) is 5.56. The van der Waals surface area contributed by atoms with Gasteiger partial charge in [0.2, 0.25) is 0 Å². The summed E-state index contributed by atoms with van der Waals surface area (Å²) in [7, 11) is 0. The highest BCUT2D eigenvalue weighted by molar-refractivity contribution is 6.17. The van der Waals surface area contributed by atoms with Gasteiger partial charge < -0.3 is 4.74 Å². The first kappa shape index (κ1) is 25.3. The summed E-state index contributed by atoms with van der Waals surface area (Å²) in [5, 5.41) is 2.14. The highest BCUT2D eigenvalue weighted by atomic mass is 16.5. The normalized spacial score (nSPS) is 12.9. The summed E-state index contributed by atoms with van der Waals surface area (Å²) < 4.78 is 5.43. The van der Waals surface area contributed by atoms with E-state index in [2.05, 4.69) is 36.7 Å². The molecule has 1 N–H and O–H groups in total. The van der Waals surface area contributed by atoms with E-state index < -0.39 is 17.8 Å². The molecule has 5 heteroatoms. The van der Waals surface area contributed by atoms with E-state index >= 15 is 0 Å². The standard InChI is InChI=1S/C27H35NO4/c1-3-5-7-9-11-13-21-15-16-23(22(17-21)14-12-10-8-6-4-2)20-32-26(30)19-24-18-25(29)28-27(24)31/h3-4,15-18H,1-2,5-14,19-20H2,(H,28,29,31). The summed E-state index contributed by atoms with van der Waals surface area (Å²) in [6, 6.07) is 6.41. The maximum atomic E-state index is 12.2. The first-order chi connectivity index (χ1) is 15.5. The molecule has 2 amide bonds. The van der Waals surface area contributed by atoms with Gasteiger partial charge in [-0.25, -0.2) is 0 Å². The Kier molecular flexibility index (Phi) is 11.2. The molecule has 0 bridgehead atoms. The maximum Gasteiger partial charge on any atom is 0.310 e. The number of amides is 2. The van der Waals surface area contributed by atoms with Crippen molar-refractivity contribution in [3.05, 3.63) is 71.8 Å². The molecule has 0 spiro atoms. The van der Waals surface area contributed by atoms with Crippen LogP contribution < -0.4 is 5.32 Å². The van der Waals surface area contributed by atoms with Crippen LogP contribution in [0.3, 0.4) is 0 Å². The van der Waals surface area contributed by atoms with Crippen LogP contribution in [0.5, 0.6) is 0 Å². The van der Waals surface area contributed by atoms with E-state index in [1.54, 1.807) is 0 Å². The lowest BCUT2D eigenvalue weighted by Crippen LogP contribution is -2.23. The molecule has 0 aliphatic carbocycles. The first-order valence-corrected chi connectivity index (χ1v) is 11.6. The lowest BCUT2D eigenvalue weighted by Gasteiger charge is -2.13. The minimum absolute atomic E-state index is 0.147. The van der Waals surface area contributed by atoms with Gasteiger partial charge in [-0.15, -0.1) is 13.2 Å². The van der Waals surface area contributed by atoms with Crippen molar-refractivity contribution in [2.45, 2.75) is 77.2 Å². The number of ether oxygens (including phenoxy) is 1. The summed E-state index contributed by atoms with van der Waals surface area (Å²) in [6.07, 6.45) is 15.8. The molecule has 1 aromatic rings.